The maximum atomic E-state index is 11.6. The third-order valence-corrected chi connectivity index (χ3v) is 6.49. The first kappa shape index (κ1) is 18.2. The molecule has 118 valence electrons. The van der Waals surface area contributed by atoms with Crippen LogP contribution in [0.2, 0.25) is 0 Å². The van der Waals surface area contributed by atoms with E-state index in [9.17, 15) is 4.79 Å². The van der Waals surface area contributed by atoms with Gasteiger partial charge in [-0.1, -0.05) is 0 Å². The molecular formula is C12H25N3O2S3. The number of ether oxygens (including phenoxy) is 1. The fourth-order valence-corrected chi connectivity index (χ4v) is 4.75. The van der Waals surface area contributed by atoms with Crippen molar-refractivity contribution in [1.29, 1.82) is 0 Å². The first-order valence-corrected chi connectivity index (χ1v) is 10.4. The van der Waals surface area contributed by atoms with Gasteiger partial charge in [0.25, 0.3) is 0 Å². The molecule has 1 heterocycles. The first-order valence-electron chi connectivity index (χ1n) is 6.75. The van der Waals surface area contributed by atoms with Gasteiger partial charge in [0, 0.05) is 31.5 Å². The molecule has 1 rings (SSSR count). The average Bonchev–Trinajstić information content (AvgIpc) is 2.37. The number of carbonyl (C=O) groups is 1. The molecule has 3 unspecified atom stereocenters. The highest BCUT2D eigenvalue weighted by Crippen LogP contribution is 2.19. The topological polar surface area (TPSA) is 62.4 Å². The quantitative estimate of drug-likeness (QED) is 0.523. The lowest BCUT2D eigenvalue weighted by molar-refractivity contribution is -0.00776. The molecule has 0 aromatic heterocycles. The Bertz CT molecular complexity index is 337. The number of urea groups is 1. The van der Waals surface area contributed by atoms with Crippen LogP contribution in [0.25, 0.3) is 0 Å². The Morgan fingerprint density at radius 3 is 2.80 bits per heavy atom. The molecule has 3 atom stereocenters. The van der Waals surface area contributed by atoms with Gasteiger partial charge in [-0.3, -0.25) is 0 Å². The highest BCUT2D eigenvalue weighted by Gasteiger charge is 2.26. The van der Waals surface area contributed by atoms with Crippen molar-refractivity contribution in [2.45, 2.75) is 51.3 Å². The Labute approximate surface area is 132 Å². The van der Waals surface area contributed by atoms with Crippen molar-refractivity contribution in [2.24, 2.45) is 0 Å². The summed E-state index contributed by atoms with van der Waals surface area (Å²) >= 11 is 5.28. The van der Waals surface area contributed by atoms with Crippen molar-refractivity contribution < 1.29 is 9.53 Å². The molecule has 0 saturated carbocycles. The molecule has 1 aliphatic heterocycles. The van der Waals surface area contributed by atoms with E-state index in [1.165, 1.54) is 0 Å². The predicted octanol–water partition coefficient (Wildman–Crippen LogP) is 1.49. The largest absolute Gasteiger partial charge is 0.376 e. The van der Waals surface area contributed by atoms with Gasteiger partial charge in [0.05, 0.1) is 5.60 Å². The summed E-state index contributed by atoms with van der Waals surface area (Å²) in [4.78, 5) is 11.6. The van der Waals surface area contributed by atoms with Crippen LogP contribution < -0.4 is 15.4 Å². The molecule has 0 radical (unpaired) electrons. The highest BCUT2D eigenvalue weighted by atomic mass is 33.3. The summed E-state index contributed by atoms with van der Waals surface area (Å²) in [5.41, 5.74) is -0.153. The van der Waals surface area contributed by atoms with Crippen molar-refractivity contribution in [3.8, 4) is 0 Å². The second-order valence-electron chi connectivity index (χ2n) is 5.68. The molecule has 1 aliphatic rings. The molecule has 0 aromatic rings. The van der Waals surface area contributed by atoms with E-state index in [0.717, 1.165) is 18.6 Å². The monoisotopic (exact) mass is 339 g/mol. The summed E-state index contributed by atoms with van der Waals surface area (Å²) < 4.78 is 9.13. The Morgan fingerprint density at radius 2 is 2.30 bits per heavy atom. The van der Waals surface area contributed by atoms with E-state index in [4.69, 9.17) is 15.9 Å². The fourth-order valence-electron chi connectivity index (χ4n) is 1.83. The molecule has 2 amide bonds. The van der Waals surface area contributed by atoms with Crippen LogP contribution in [0, 0.1) is 0 Å². The molecule has 3 N–H and O–H groups in total. The zero-order chi connectivity index (χ0) is 15.2. The predicted molar refractivity (Wildman–Crippen MR) is 90.4 cm³/mol. The van der Waals surface area contributed by atoms with Crippen LogP contribution in [0.1, 0.15) is 33.6 Å². The van der Waals surface area contributed by atoms with Gasteiger partial charge in [0.1, 0.15) is 0 Å². The van der Waals surface area contributed by atoms with Crippen molar-refractivity contribution in [3.05, 3.63) is 0 Å². The van der Waals surface area contributed by atoms with Crippen LogP contribution in [0.15, 0.2) is 0 Å². The fraction of sp³-hybridized carbons (Fsp3) is 0.917. The van der Waals surface area contributed by atoms with Crippen LogP contribution in [0.3, 0.4) is 0 Å². The third-order valence-electron chi connectivity index (χ3n) is 2.88. The summed E-state index contributed by atoms with van der Waals surface area (Å²) in [5, 5.41) is 5.61. The molecule has 0 aliphatic carbocycles. The molecule has 8 heteroatoms. The normalized spacial score (nSPS) is 25.0. The molecule has 1 saturated heterocycles. The van der Waals surface area contributed by atoms with E-state index in [1.807, 2.05) is 20.8 Å². The number of amides is 2. The average molecular weight is 340 g/mol. The number of nitrogens with one attached hydrogen (secondary N) is 3. The smallest absolute Gasteiger partial charge is 0.314 e. The standard InChI is InChI=1S/C12H25N3O2S3/c1-12(2,3)17-7-5-9(14-11(16)13-4)10-6-8-20(18)19-15-10/h9-10,15H,5-8H2,1-4H3,(H2,13,14,16). The SMILES string of the molecule is CNC(=O)NC(CCOC(C)(C)C)C1CCS(=S)SN1. The lowest BCUT2D eigenvalue weighted by Crippen LogP contribution is -2.52. The maximum Gasteiger partial charge on any atom is 0.314 e. The van der Waals surface area contributed by atoms with E-state index in [0.29, 0.717) is 6.61 Å². The molecule has 0 bridgehead atoms. The Balaban J connectivity index is 2.51. The number of hydrogen-bond donors (Lipinski definition) is 3. The van der Waals surface area contributed by atoms with Gasteiger partial charge < -0.3 is 15.4 Å². The minimum Gasteiger partial charge on any atom is -0.376 e. The van der Waals surface area contributed by atoms with Crippen molar-refractivity contribution in [1.82, 2.24) is 15.4 Å². The zero-order valence-electron chi connectivity index (χ0n) is 12.5. The lowest BCUT2D eigenvalue weighted by atomic mass is 10.0. The van der Waals surface area contributed by atoms with Crippen LogP contribution in [-0.4, -0.2) is 43.1 Å². The van der Waals surface area contributed by atoms with Crippen LogP contribution in [0.5, 0.6) is 0 Å². The zero-order valence-corrected chi connectivity index (χ0v) is 15.0. The van der Waals surface area contributed by atoms with Gasteiger partial charge in [-0.15, -0.1) is 0 Å². The van der Waals surface area contributed by atoms with E-state index >= 15 is 0 Å². The van der Waals surface area contributed by atoms with Gasteiger partial charge in [-0.25, -0.2) is 9.52 Å². The van der Waals surface area contributed by atoms with Crippen molar-refractivity contribution in [2.75, 3.05) is 19.4 Å². The Morgan fingerprint density at radius 1 is 1.60 bits per heavy atom. The van der Waals surface area contributed by atoms with E-state index in [2.05, 4.69) is 15.4 Å². The Hall–Kier alpha value is 0.110. The van der Waals surface area contributed by atoms with Gasteiger partial charge in [0.2, 0.25) is 0 Å². The minimum absolute atomic E-state index is 0.0324. The lowest BCUT2D eigenvalue weighted by Gasteiger charge is -2.32. The van der Waals surface area contributed by atoms with E-state index in [1.54, 1.807) is 18.0 Å². The van der Waals surface area contributed by atoms with Crippen LogP contribution >= 0.6 is 11.0 Å². The molecule has 0 spiro atoms. The summed E-state index contributed by atoms with van der Waals surface area (Å²) in [5.74, 6) is 1.02. The molecule has 0 aromatic carbocycles. The van der Waals surface area contributed by atoms with E-state index < -0.39 is 0 Å². The van der Waals surface area contributed by atoms with Crippen LogP contribution in [-0.2, 0) is 24.4 Å². The molecule has 5 nitrogen and oxygen atoms in total. The molecule has 1 fully saturated rings. The van der Waals surface area contributed by atoms with Gasteiger partial charge in [0.15, 0.2) is 0 Å². The molecular weight excluding hydrogens is 314 g/mol. The van der Waals surface area contributed by atoms with Crippen molar-refractivity contribution in [3.63, 3.8) is 0 Å². The second kappa shape index (κ2) is 8.53. The summed E-state index contributed by atoms with van der Waals surface area (Å²) in [7, 11) is 3.20. The number of carbonyl (C=O) groups excluding carboxylic acids is 1. The number of rotatable bonds is 5. The third kappa shape index (κ3) is 7.21. The van der Waals surface area contributed by atoms with E-state index in [-0.39, 0.29) is 32.2 Å². The maximum absolute atomic E-state index is 11.6. The van der Waals surface area contributed by atoms with Gasteiger partial charge in [-0.2, -0.15) is 0 Å². The number of hydrogen-bond acceptors (Lipinski definition) is 5. The summed E-state index contributed by atoms with van der Waals surface area (Å²) in [6.45, 7) is 6.73. The minimum atomic E-state index is -0.153. The van der Waals surface area contributed by atoms with Gasteiger partial charge >= 0.3 is 6.03 Å². The van der Waals surface area contributed by atoms with Gasteiger partial charge in [-0.05, 0) is 64.3 Å². The van der Waals surface area contributed by atoms with Crippen LogP contribution in [0.4, 0.5) is 4.79 Å². The first-order chi connectivity index (χ1) is 9.31. The summed E-state index contributed by atoms with van der Waals surface area (Å²) in [6.07, 6.45) is 1.78. The Kier molecular flexibility index (Phi) is 7.74. The second-order valence-corrected chi connectivity index (χ2v) is 10.6. The summed E-state index contributed by atoms with van der Waals surface area (Å²) in [6, 6.07) is 0.144. The highest BCUT2D eigenvalue weighted by molar-refractivity contribution is 8.82. The van der Waals surface area contributed by atoms with Crippen molar-refractivity contribution >= 4 is 36.7 Å². The molecule has 20 heavy (non-hydrogen) atoms.